The fourth-order valence-corrected chi connectivity index (χ4v) is 1.69. The molecule has 0 fully saturated rings. The summed E-state index contributed by atoms with van der Waals surface area (Å²) < 4.78 is 30.9. The molecule has 0 amide bonds. The minimum atomic E-state index is -0.557. The Morgan fingerprint density at radius 3 is 2.78 bits per heavy atom. The number of hydrogen-bond acceptors (Lipinski definition) is 3. The predicted octanol–water partition coefficient (Wildman–Crippen LogP) is 2.70. The van der Waals surface area contributed by atoms with Gasteiger partial charge in [0.1, 0.15) is 11.6 Å². The van der Waals surface area contributed by atoms with Crippen LogP contribution >= 0.6 is 0 Å². The second-order valence-corrected chi connectivity index (χ2v) is 4.09. The number of carbonyl (C=O) groups is 1. The predicted molar refractivity (Wildman–Crippen MR) is 63.8 cm³/mol. The average molecular weight is 257 g/mol. The van der Waals surface area contributed by atoms with E-state index in [0.29, 0.717) is 25.7 Å². The van der Waals surface area contributed by atoms with Gasteiger partial charge >= 0.3 is 5.97 Å². The number of ether oxygens (including phenoxy) is 1. The molecular formula is C13H17F2NO2. The molecule has 1 aromatic carbocycles. The molecule has 18 heavy (non-hydrogen) atoms. The first-order valence-corrected chi connectivity index (χ1v) is 5.82. The number of hydrogen-bond donors (Lipinski definition) is 1. The van der Waals surface area contributed by atoms with Crippen molar-refractivity contribution in [3.8, 4) is 0 Å². The van der Waals surface area contributed by atoms with Crippen LogP contribution in [-0.4, -0.2) is 13.1 Å². The third-order valence-electron chi connectivity index (χ3n) is 2.73. The highest BCUT2D eigenvalue weighted by Crippen LogP contribution is 2.21. The summed E-state index contributed by atoms with van der Waals surface area (Å²) in [6, 6.07) is 2.68. The van der Waals surface area contributed by atoms with Gasteiger partial charge in [-0.25, -0.2) is 8.78 Å². The lowest BCUT2D eigenvalue weighted by Crippen LogP contribution is -2.12. The quantitative estimate of drug-likeness (QED) is 0.629. The maximum absolute atomic E-state index is 13.4. The SMILES string of the molecule is COC(=O)CCCCC(N)c1cc(F)ccc1F. The lowest BCUT2D eigenvalue weighted by atomic mass is 10.0. The van der Waals surface area contributed by atoms with Crippen LogP contribution in [0.15, 0.2) is 18.2 Å². The van der Waals surface area contributed by atoms with Crippen molar-refractivity contribution >= 4 is 5.97 Å². The van der Waals surface area contributed by atoms with Crippen molar-refractivity contribution in [2.75, 3.05) is 7.11 Å². The first-order chi connectivity index (χ1) is 8.54. The molecule has 1 unspecified atom stereocenters. The molecule has 0 saturated heterocycles. The second kappa shape index (κ2) is 7.06. The summed E-state index contributed by atoms with van der Waals surface area (Å²) >= 11 is 0. The molecule has 0 aliphatic rings. The minimum absolute atomic E-state index is 0.174. The monoisotopic (exact) mass is 257 g/mol. The molecule has 1 rings (SSSR count). The topological polar surface area (TPSA) is 52.3 Å². The molecule has 0 bridgehead atoms. The van der Waals surface area contributed by atoms with E-state index in [0.717, 1.165) is 18.2 Å². The number of benzene rings is 1. The van der Waals surface area contributed by atoms with Crippen molar-refractivity contribution in [2.24, 2.45) is 5.73 Å². The van der Waals surface area contributed by atoms with Crippen molar-refractivity contribution in [1.29, 1.82) is 0 Å². The Hall–Kier alpha value is -1.49. The first-order valence-electron chi connectivity index (χ1n) is 5.82. The van der Waals surface area contributed by atoms with Gasteiger partial charge in [-0.3, -0.25) is 4.79 Å². The van der Waals surface area contributed by atoms with Crippen molar-refractivity contribution in [2.45, 2.75) is 31.7 Å². The van der Waals surface area contributed by atoms with E-state index < -0.39 is 17.7 Å². The third-order valence-corrected chi connectivity index (χ3v) is 2.73. The number of rotatable bonds is 6. The molecule has 5 heteroatoms. The van der Waals surface area contributed by atoms with Gasteiger partial charge in [0.15, 0.2) is 0 Å². The van der Waals surface area contributed by atoms with Crippen LogP contribution in [0.3, 0.4) is 0 Å². The maximum Gasteiger partial charge on any atom is 0.305 e. The highest BCUT2D eigenvalue weighted by molar-refractivity contribution is 5.68. The van der Waals surface area contributed by atoms with E-state index in [-0.39, 0.29) is 11.5 Å². The van der Waals surface area contributed by atoms with E-state index in [9.17, 15) is 13.6 Å². The first kappa shape index (κ1) is 14.6. The number of unbranched alkanes of at least 4 members (excludes halogenated alkanes) is 1. The maximum atomic E-state index is 13.4. The van der Waals surface area contributed by atoms with Crippen LogP contribution < -0.4 is 5.73 Å². The van der Waals surface area contributed by atoms with E-state index in [1.165, 1.54) is 7.11 Å². The Labute approximate surface area is 105 Å². The molecule has 0 heterocycles. The molecule has 1 aromatic rings. The summed E-state index contributed by atoms with van der Waals surface area (Å²) in [5, 5.41) is 0. The van der Waals surface area contributed by atoms with Crippen LogP contribution in [0.4, 0.5) is 8.78 Å². The number of esters is 1. The van der Waals surface area contributed by atoms with E-state index in [2.05, 4.69) is 4.74 Å². The highest BCUT2D eigenvalue weighted by atomic mass is 19.1. The van der Waals surface area contributed by atoms with Crippen LogP contribution in [0.2, 0.25) is 0 Å². The van der Waals surface area contributed by atoms with Crippen molar-refractivity contribution in [3.63, 3.8) is 0 Å². The van der Waals surface area contributed by atoms with Crippen LogP contribution in [0.1, 0.15) is 37.3 Å². The zero-order valence-corrected chi connectivity index (χ0v) is 10.3. The molecule has 100 valence electrons. The van der Waals surface area contributed by atoms with E-state index >= 15 is 0 Å². The standard InChI is InChI=1S/C13H17F2NO2/c1-18-13(17)5-3-2-4-12(16)10-8-9(14)6-7-11(10)15/h6-8,12H,2-5,16H2,1H3. The van der Waals surface area contributed by atoms with Crippen LogP contribution in [-0.2, 0) is 9.53 Å². The zero-order chi connectivity index (χ0) is 13.5. The molecule has 0 aliphatic carbocycles. The summed E-state index contributed by atoms with van der Waals surface area (Å²) in [5.74, 6) is -1.28. The highest BCUT2D eigenvalue weighted by Gasteiger charge is 2.12. The fourth-order valence-electron chi connectivity index (χ4n) is 1.69. The Bertz CT molecular complexity index is 410. The summed E-state index contributed by atoms with van der Waals surface area (Å²) in [4.78, 5) is 10.9. The Kier molecular flexibility index (Phi) is 5.71. The Morgan fingerprint density at radius 2 is 2.11 bits per heavy atom. The molecule has 0 aromatic heterocycles. The van der Waals surface area contributed by atoms with Crippen LogP contribution in [0, 0.1) is 11.6 Å². The van der Waals surface area contributed by atoms with Gasteiger partial charge in [-0.2, -0.15) is 0 Å². The molecule has 2 N–H and O–H groups in total. The minimum Gasteiger partial charge on any atom is -0.469 e. The van der Waals surface area contributed by atoms with Crippen LogP contribution in [0.25, 0.3) is 0 Å². The second-order valence-electron chi connectivity index (χ2n) is 4.09. The van der Waals surface area contributed by atoms with Gasteiger partial charge < -0.3 is 10.5 Å². The van der Waals surface area contributed by atoms with Gasteiger partial charge in [0.05, 0.1) is 7.11 Å². The molecule has 0 aliphatic heterocycles. The normalized spacial score (nSPS) is 12.2. The molecule has 0 saturated carbocycles. The molecule has 3 nitrogen and oxygen atoms in total. The summed E-state index contributed by atoms with van der Waals surface area (Å²) in [6.45, 7) is 0. The van der Waals surface area contributed by atoms with Gasteiger partial charge in [0, 0.05) is 18.0 Å². The largest absolute Gasteiger partial charge is 0.469 e. The smallest absolute Gasteiger partial charge is 0.305 e. The average Bonchev–Trinajstić information content (AvgIpc) is 2.36. The lowest BCUT2D eigenvalue weighted by Gasteiger charge is -2.12. The molecule has 0 spiro atoms. The van der Waals surface area contributed by atoms with Gasteiger partial charge in [0.25, 0.3) is 0 Å². The molecule has 1 atom stereocenters. The van der Waals surface area contributed by atoms with Gasteiger partial charge in [-0.05, 0) is 31.0 Å². The summed E-state index contributed by atoms with van der Waals surface area (Å²) in [5.41, 5.74) is 5.97. The summed E-state index contributed by atoms with van der Waals surface area (Å²) in [6.07, 6.45) is 2.09. The number of carbonyl (C=O) groups excluding carboxylic acids is 1. The van der Waals surface area contributed by atoms with Crippen molar-refractivity contribution in [1.82, 2.24) is 0 Å². The number of nitrogens with two attached hydrogens (primary N) is 1. The Balaban J connectivity index is 2.43. The van der Waals surface area contributed by atoms with Crippen molar-refractivity contribution < 1.29 is 18.3 Å². The lowest BCUT2D eigenvalue weighted by molar-refractivity contribution is -0.140. The molecular weight excluding hydrogens is 240 g/mol. The van der Waals surface area contributed by atoms with Gasteiger partial charge in [-0.15, -0.1) is 0 Å². The van der Waals surface area contributed by atoms with E-state index in [4.69, 9.17) is 5.73 Å². The van der Waals surface area contributed by atoms with E-state index in [1.807, 2.05) is 0 Å². The summed E-state index contributed by atoms with van der Waals surface area (Å²) in [7, 11) is 1.33. The number of methoxy groups -OCH3 is 1. The zero-order valence-electron chi connectivity index (χ0n) is 10.3. The van der Waals surface area contributed by atoms with Gasteiger partial charge in [-0.1, -0.05) is 6.42 Å². The third kappa shape index (κ3) is 4.41. The fraction of sp³-hybridized carbons (Fsp3) is 0.462. The van der Waals surface area contributed by atoms with Crippen LogP contribution in [0.5, 0.6) is 0 Å². The Morgan fingerprint density at radius 1 is 1.39 bits per heavy atom. The molecule has 0 radical (unpaired) electrons. The number of halogens is 2. The van der Waals surface area contributed by atoms with Crippen molar-refractivity contribution in [3.05, 3.63) is 35.4 Å². The van der Waals surface area contributed by atoms with Gasteiger partial charge in [0.2, 0.25) is 0 Å². The van der Waals surface area contributed by atoms with E-state index in [1.54, 1.807) is 0 Å².